The van der Waals surface area contributed by atoms with E-state index in [-0.39, 0.29) is 11.6 Å². The van der Waals surface area contributed by atoms with E-state index in [2.05, 4.69) is 45.9 Å². The standard InChI is InChI=1S/C27H40O3/c1-19(2)10-7-11-20(3)12-8-13-21(4)14-9-15-25(28)17-16-24-18-26(29)22(5)23(6)27(24)30/h10,12,14,18,25,28H,7-9,11,13,15-17H2,1-6H3. The summed E-state index contributed by atoms with van der Waals surface area (Å²) in [6, 6.07) is 0. The highest BCUT2D eigenvalue weighted by atomic mass is 16.3. The Bertz CT molecular complexity index is 768. The first-order valence-electron chi connectivity index (χ1n) is 11.2. The Hall–Kier alpha value is -2.00. The van der Waals surface area contributed by atoms with Crippen LogP contribution < -0.4 is 0 Å². The van der Waals surface area contributed by atoms with Crippen molar-refractivity contribution in [1.82, 2.24) is 0 Å². The van der Waals surface area contributed by atoms with Crippen molar-refractivity contribution in [2.75, 3.05) is 0 Å². The lowest BCUT2D eigenvalue weighted by molar-refractivity contribution is -0.116. The van der Waals surface area contributed by atoms with Gasteiger partial charge in [0.05, 0.1) is 6.10 Å². The maximum absolute atomic E-state index is 12.3. The lowest BCUT2D eigenvalue weighted by atomic mass is 9.88. The number of Topliss-reactive ketones (excluding diaryl/α,β-unsaturated/α-hetero) is 1. The molecule has 1 rings (SSSR count). The van der Waals surface area contributed by atoms with Crippen LogP contribution in [0, 0.1) is 0 Å². The highest BCUT2D eigenvalue weighted by Crippen LogP contribution is 2.23. The quantitative estimate of drug-likeness (QED) is 0.285. The second-order valence-electron chi connectivity index (χ2n) is 8.84. The van der Waals surface area contributed by atoms with Gasteiger partial charge in [-0.15, -0.1) is 0 Å². The SMILES string of the molecule is CC(C)=CCCC(C)=CCCC(C)=CCCC(O)CCC1=CC(=O)C(C)=C(C)C1=O. The van der Waals surface area contributed by atoms with Gasteiger partial charge in [-0.05, 0) is 99.0 Å². The smallest absolute Gasteiger partial charge is 0.185 e. The number of ketones is 2. The fourth-order valence-electron chi connectivity index (χ4n) is 3.44. The number of carbonyl (C=O) groups excluding carboxylic acids is 2. The molecule has 1 atom stereocenters. The Morgan fingerprint density at radius 2 is 1.43 bits per heavy atom. The van der Waals surface area contributed by atoms with Crippen LogP contribution in [0.1, 0.15) is 92.9 Å². The van der Waals surface area contributed by atoms with E-state index in [1.165, 1.54) is 22.8 Å². The van der Waals surface area contributed by atoms with E-state index in [4.69, 9.17) is 0 Å². The Labute approximate surface area is 183 Å². The Balaban J connectivity index is 2.31. The molecular formula is C27H40O3. The fourth-order valence-corrected chi connectivity index (χ4v) is 3.44. The molecule has 0 saturated carbocycles. The van der Waals surface area contributed by atoms with E-state index in [1.807, 2.05) is 0 Å². The first kappa shape index (κ1) is 26.0. The second kappa shape index (κ2) is 13.3. The van der Waals surface area contributed by atoms with E-state index < -0.39 is 6.10 Å². The molecule has 3 nitrogen and oxygen atoms in total. The zero-order valence-corrected chi connectivity index (χ0v) is 19.8. The zero-order chi connectivity index (χ0) is 22.7. The van der Waals surface area contributed by atoms with Crippen LogP contribution in [0.15, 0.2) is 57.7 Å². The summed E-state index contributed by atoms with van der Waals surface area (Å²) in [4.78, 5) is 24.2. The van der Waals surface area contributed by atoms with Crippen LogP contribution in [0.4, 0.5) is 0 Å². The average molecular weight is 413 g/mol. The summed E-state index contributed by atoms with van der Waals surface area (Å²) in [6.07, 6.45) is 14.6. The molecule has 1 aliphatic rings. The van der Waals surface area contributed by atoms with Crippen molar-refractivity contribution in [3.05, 3.63) is 57.7 Å². The molecule has 1 aliphatic carbocycles. The summed E-state index contributed by atoms with van der Waals surface area (Å²) in [7, 11) is 0. The van der Waals surface area contributed by atoms with Gasteiger partial charge in [0.25, 0.3) is 0 Å². The highest BCUT2D eigenvalue weighted by Gasteiger charge is 2.23. The molecule has 0 aromatic carbocycles. The molecule has 0 aliphatic heterocycles. The highest BCUT2D eigenvalue weighted by molar-refractivity contribution is 6.22. The minimum atomic E-state index is -0.456. The van der Waals surface area contributed by atoms with Crippen molar-refractivity contribution in [1.29, 1.82) is 0 Å². The molecule has 0 saturated heterocycles. The zero-order valence-electron chi connectivity index (χ0n) is 19.8. The number of carbonyl (C=O) groups is 2. The summed E-state index contributed by atoms with van der Waals surface area (Å²) in [6.45, 7) is 12.0. The summed E-state index contributed by atoms with van der Waals surface area (Å²) in [5.74, 6) is -0.143. The number of allylic oxidation sites excluding steroid dienone is 10. The minimum Gasteiger partial charge on any atom is -0.393 e. The van der Waals surface area contributed by atoms with Crippen LogP contribution in [0.5, 0.6) is 0 Å². The molecule has 0 bridgehead atoms. The maximum atomic E-state index is 12.3. The molecule has 0 aromatic heterocycles. The first-order valence-corrected chi connectivity index (χ1v) is 11.2. The third-order valence-electron chi connectivity index (χ3n) is 5.73. The molecule has 0 amide bonds. The third-order valence-corrected chi connectivity index (χ3v) is 5.73. The van der Waals surface area contributed by atoms with Gasteiger partial charge in [-0.3, -0.25) is 9.59 Å². The minimum absolute atomic E-state index is 0.0563. The summed E-state index contributed by atoms with van der Waals surface area (Å²) < 4.78 is 0. The van der Waals surface area contributed by atoms with Gasteiger partial charge in [-0.25, -0.2) is 0 Å². The molecule has 166 valence electrons. The summed E-state index contributed by atoms with van der Waals surface area (Å²) >= 11 is 0. The van der Waals surface area contributed by atoms with Crippen molar-refractivity contribution in [3.63, 3.8) is 0 Å². The van der Waals surface area contributed by atoms with Crippen LogP contribution in [0.3, 0.4) is 0 Å². The largest absolute Gasteiger partial charge is 0.393 e. The fraction of sp³-hybridized carbons (Fsp3) is 0.556. The average Bonchev–Trinajstić information content (AvgIpc) is 2.67. The van der Waals surface area contributed by atoms with Crippen molar-refractivity contribution in [3.8, 4) is 0 Å². The van der Waals surface area contributed by atoms with Crippen molar-refractivity contribution >= 4 is 11.6 Å². The molecule has 3 heteroatoms. The van der Waals surface area contributed by atoms with Gasteiger partial charge in [-0.1, -0.05) is 34.9 Å². The molecule has 0 aromatic rings. The first-order chi connectivity index (χ1) is 14.1. The molecule has 1 N–H and O–H groups in total. The van der Waals surface area contributed by atoms with E-state index in [9.17, 15) is 14.7 Å². The number of aliphatic hydroxyl groups excluding tert-OH is 1. The van der Waals surface area contributed by atoms with Gasteiger partial charge in [-0.2, -0.15) is 0 Å². The molecule has 30 heavy (non-hydrogen) atoms. The number of rotatable bonds is 12. The van der Waals surface area contributed by atoms with Crippen molar-refractivity contribution < 1.29 is 14.7 Å². The Morgan fingerprint density at radius 3 is 2.03 bits per heavy atom. The number of aliphatic hydroxyl groups is 1. The van der Waals surface area contributed by atoms with Gasteiger partial charge in [0.1, 0.15) is 0 Å². The van der Waals surface area contributed by atoms with Gasteiger partial charge in [0.2, 0.25) is 0 Å². The van der Waals surface area contributed by atoms with Crippen LogP contribution >= 0.6 is 0 Å². The van der Waals surface area contributed by atoms with Crippen molar-refractivity contribution in [2.45, 2.75) is 99.0 Å². The van der Waals surface area contributed by atoms with Gasteiger partial charge < -0.3 is 5.11 Å². The Morgan fingerprint density at radius 1 is 0.867 bits per heavy atom. The Kier molecular flexibility index (Phi) is 11.6. The van der Waals surface area contributed by atoms with Crippen molar-refractivity contribution in [2.24, 2.45) is 0 Å². The van der Waals surface area contributed by atoms with Gasteiger partial charge in [0, 0.05) is 16.7 Å². The van der Waals surface area contributed by atoms with Crippen LogP contribution in [-0.2, 0) is 9.59 Å². The molecular weight excluding hydrogens is 372 g/mol. The topological polar surface area (TPSA) is 54.4 Å². The molecule has 1 unspecified atom stereocenters. The van der Waals surface area contributed by atoms with Gasteiger partial charge in [0.15, 0.2) is 11.6 Å². The predicted molar refractivity (Wildman–Crippen MR) is 126 cm³/mol. The molecule has 0 fully saturated rings. The summed E-state index contributed by atoms with van der Waals surface area (Å²) in [5.41, 5.74) is 5.76. The van der Waals surface area contributed by atoms with E-state index in [1.54, 1.807) is 13.8 Å². The lowest BCUT2D eigenvalue weighted by Gasteiger charge is -2.16. The van der Waals surface area contributed by atoms with E-state index in [0.717, 1.165) is 32.1 Å². The van der Waals surface area contributed by atoms with E-state index >= 15 is 0 Å². The molecule has 0 radical (unpaired) electrons. The molecule has 0 heterocycles. The monoisotopic (exact) mass is 412 g/mol. The maximum Gasteiger partial charge on any atom is 0.185 e. The third kappa shape index (κ3) is 9.67. The molecule has 0 spiro atoms. The van der Waals surface area contributed by atoms with Crippen LogP contribution in [0.25, 0.3) is 0 Å². The number of hydrogen-bond donors (Lipinski definition) is 1. The van der Waals surface area contributed by atoms with Crippen LogP contribution in [0.2, 0.25) is 0 Å². The summed E-state index contributed by atoms with van der Waals surface area (Å²) in [5, 5.41) is 10.3. The van der Waals surface area contributed by atoms with Crippen LogP contribution in [-0.4, -0.2) is 22.8 Å². The van der Waals surface area contributed by atoms with E-state index in [0.29, 0.717) is 36.0 Å². The second-order valence-corrected chi connectivity index (χ2v) is 8.84. The normalized spacial score (nSPS) is 16.7. The predicted octanol–water partition coefficient (Wildman–Crippen LogP) is 6.74. The number of hydrogen-bond acceptors (Lipinski definition) is 3. The lowest BCUT2D eigenvalue weighted by Crippen LogP contribution is -2.18. The van der Waals surface area contributed by atoms with Gasteiger partial charge >= 0.3 is 0 Å².